The van der Waals surface area contributed by atoms with Crippen LogP contribution in [0.2, 0.25) is 0 Å². The van der Waals surface area contributed by atoms with E-state index in [4.69, 9.17) is 4.74 Å². The summed E-state index contributed by atoms with van der Waals surface area (Å²) in [5.41, 5.74) is 2.53. The van der Waals surface area contributed by atoms with Crippen LogP contribution in [0.25, 0.3) is 5.70 Å². The van der Waals surface area contributed by atoms with Crippen LogP contribution in [-0.2, 0) is 9.53 Å². The quantitative estimate of drug-likeness (QED) is 0.719. The molecular formula is C20H17FN4O2. The highest BCUT2D eigenvalue weighted by molar-refractivity contribution is 6.02. The van der Waals surface area contributed by atoms with E-state index >= 15 is 0 Å². The molecule has 0 spiro atoms. The molecule has 0 saturated heterocycles. The molecule has 1 atom stereocenters. The zero-order chi connectivity index (χ0) is 18.8. The molecule has 2 heterocycles. The summed E-state index contributed by atoms with van der Waals surface area (Å²) in [5.74, 6) is -0.313. The molecule has 1 N–H and O–H groups in total. The molecule has 1 aliphatic heterocycles. The maximum atomic E-state index is 13.5. The van der Waals surface area contributed by atoms with Crippen LogP contribution < -0.4 is 5.32 Å². The van der Waals surface area contributed by atoms with Crippen molar-refractivity contribution in [1.82, 2.24) is 14.8 Å². The van der Waals surface area contributed by atoms with Crippen LogP contribution >= 0.6 is 0 Å². The fourth-order valence-electron chi connectivity index (χ4n) is 3.17. The molecular weight excluding hydrogens is 347 g/mol. The average Bonchev–Trinajstić information content (AvgIpc) is 3.16. The second-order valence-electron chi connectivity index (χ2n) is 5.98. The van der Waals surface area contributed by atoms with Gasteiger partial charge in [-0.2, -0.15) is 10.1 Å². The Morgan fingerprint density at radius 3 is 2.63 bits per heavy atom. The first kappa shape index (κ1) is 17.0. The van der Waals surface area contributed by atoms with E-state index in [1.165, 1.54) is 18.5 Å². The number of benzene rings is 2. The Labute approximate surface area is 155 Å². The van der Waals surface area contributed by atoms with Gasteiger partial charge in [0, 0.05) is 0 Å². The van der Waals surface area contributed by atoms with E-state index in [0.29, 0.717) is 22.8 Å². The number of aromatic nitrogens is 3. The molecule has 136 valence electrons. The Balaban J connectivity index is 1.95. The summed E-state index contributed by atoms with van der Waals surface area (Å²) in [6.07, 6.45) is 1.41. The zero-order valence-electron chi connectivity index (χ0n) is 14.6. The normalized spacial score (nSPS) is 15.9. The van der Waals surface area contributed by atoms with Gasteiger partial charge in [-0.3, -0.25) is 0 Å². The van der Waals surface area contributed by atoms with E-state index < -0.39 is 12.0 Å². The summed E-state index contributed by atoms with van der Waals surface area (Å²) in [4.78, 5) is 17.2. The van der Waals surface area contributed by atoms with Crippen LogP contribution in [0.15, 0.2) is 66.5 Å². The molecule has 4 rings (SSSR count). The summed E-state index contributed by atoms with van der Waals surface area (Å²) >= 11 is 0. The predicted octanol–water partition coefficient (Wildman–Crippen LogP) is 3.41. The van der Waals surface area contributed by atoms with Crippen molar-refractivity contribution in [1.29, 1.82) is 0 Å². The van der Waals surface area contributed by atoms with Gasteiger partial charge in [0.1, 0.15) is 18.2 Å². The molecule has 1 aromatic heterocycles. The largest absolute Gasteiger partial charge is 0.463 e. The Morgan fingerprint density at radius 1 is 1.19 bits per heavy atom. The van der Waals surface area contributed by atoms with Gasteiger partial charge in [0.05, 0.1) is 17.9 Å². The van der Waals surface area contributed by atoms with Crippen molar-refractivity contribution in [2.24, 2.45) is 0 Å². The number of rotatable bonds is 4. The van der Waals surface area contributed by atoms with Crippen molar-refractivity contribution in [2.75, 3.05) is 11.9 Å². The average molecular weight is 364 g/mol. The van der Waals surface area contributed by atoms with Gasteiger partial charge in [0.25, 0.3) is 0 Å². The first-order valence-corrected chi connectivity index (χ1v) is 8.57. The van der Waals surface area contributed by atoms with Crippen LogP contribution in [0, 0.1) is 5.82 Å². The minimum absolute atomic E-state index is 0.241. The van der Waals surface area contributed by atoms with Crippen molar-refractivity contribution < 1.29 is 13.9 Å². The molecule has 0 radical (unpaired) electrons. The molecule has 0 saturated carbocycles. The Kier molecular flexibility index (Phi) is 4.42. The summed E-state index contributed by atoms with van der Waals surface area (Å²) in [5, 5.41) is 7.45. The number of halogens is 1. The van der Waals surface area contributed by atoms with Gasteiger partial charge in [-0.25, -0.2) is 13.9 Å². The highest BCUT2D eigenvalue weighted by Crippen LogP contribution is 2.38. The number of nitrogens with zero attached hydrogens (tertiary/aromatic N) is 3. The number of carbonyl (C=O) groups excluding carboxylic acids is 1. The van der Waals surface area contributed by atoms with Crippen LogP contribution in [-0.4, -0.2) is 27.3 Å². The first-order chi connectivity index (χ1) is 13.2. The molecule has 6 nitrogen and oxygen atoms in total. The highest BCUT2D eigenvalue weighted by atomic mass is 19.1. The van der Waals surface area contributed by atoms with Crippen LogP contribution in [0.1, 0.15) is 24.1 Å². The minimum Gasteiger partial charge on any atom is -0.463 e. The predicted molar refractivity (Wildman–Crippen MR) is 98.2 cm³/mol. The van der Waals surface area contributed by atoms with E-state index in [1.54, 1.807) is 23.7 Å². The van der Waals surface area contributed by atoms with Crippen molar-refractivity contribution >= 4 is 17.6 Å². The lowest BCUT2D eigenvalue weighted by Gasteiger charge is -2.29. The number of fused-ring (bicyclic) bond motifs is 1. The van der Waals surface area contributed by atoms with E-state index in [-0.39, 0.29) is 12.4 Å². The van der Waals surface area contributed by atoms with Gasteiger partial charge in [-0.1, -0.05) is 42.5 Å². The van der Waals surface area contributed by atoms with Gasteiger partial charge >= 0.3 is 5.97 Å². The lowest BCUT2D eigenvalue weighted by Crippen LogP contribution is -2.30. The molecule has 0 bridgehead atoms. The molecule has 0 fully saturated rings. The SMILES string of the molecule is CCOC(=O)C1=C(c2ccccc2)Nc2ncnn2C1c1ccc(F)cc1. The van der Waals surface area contributed by atoms with E-state index in [2.05, 4.69) is 15.4 Å². The van der Waals surface area contributed by atoms with Gasteiger partial charge in [-0.15, -0.1) is 0 Å². The summed E-state index contributed by atoms with van der Waals surface area (Å²) in [6.45, 7) is 2.00. The number of anilines is 1. The third kappa shape index (κ3) is 3.08. The fourth-order valence-corrected chi connectivity index (χ4v) is 3.17. The smallest absolute Gasteiger partial charge is 0.338 e. The van der Waals surface area contributed by atoms with Crippen molar-refractivity contribution in [3.63, 3.8) is 0 Å². The minimum atomic E-state index is -0.585. The Bertz CT molecular complexity index is 996. The second-order valence-corrected chi connectivity index (χ2v) is 5.98. The van der Waals surface area contributed by atoms with E-state index in [0.717, 1.165) is 5.56 Å². The number of esters is 1. The maximum absolute atomic E-state index is 13.5. The van der Waals surface area contributed by atoms with Crippen LogP contribution in [0.4, 0.5) is 10.3 Å². The van der Waals surface area contributed by atoms with Gasteiger partial charge in [-0.05, 0) is 30.2 Å². The molecule has 0 amide bonds. The number of nitrogens with one attached hydrogen (secondary N) is 1. The number of hydrogen-bond donors (Lipinski definition) is 1. The highest BCUT2D eigenvalue weighted by Gasteiger charge is 2.36. The Morgan fingerprint density at radius 2 is 1.93 bits per heavy atom. The standard InChI is InChI=1S/C20H17FN4O2/c1-2-27-19(26)16-17(13-6-4-3-5-7-13)24-20-22-12-23-25(20)18(16)14-8-10-15(21)11-9-14/h3-12,18H,2H2,1H3,(H,22,23,24). The van der Waals surface area contributed by atoms with Crippen molar-refractivity contribution in [3.8, 4) is 0 Å². The topological polar surface area (TPSA) is 69.0 Å². The summed E-state index contributed by atoms with van der Waals surface area (Å²) < 4.78 is 20.4. The van der Waals surface area contributed by atoms with Crippen molar-refractivity contribution in [2.45, 2.75) is 13.0 Å². The third-order valence-corrected chi connectivity index (χ3v) is 4.34. The van der Waals surface area contributed by atoms with Gasteiger partial charge in [0.2, 0.25) is 5.95 Å². The van der Waals surface area contributed by atoms with E-state index in [9.17, 15) is 9.18 Å². The zero-order valence-corrected chi connectivity index (χ0v) is 14.6. The first-order valence-electron chi connectivity index (χ1n) is 8.57. The van der Waals surface area contributed by atoms with Crippen molar-refractivity contribution in [3.05, 3.63) is 83.4 Å². The molecule has 7 heteroatoms. The number of ether oxygens (including phenoxy) is 1. The lowest BCUT2D eigenvalue weighted by atomic mass is 9.93. The summed E-state index contributed by atoms with van der Waals surface area (Å²) in [7, 11) is 0. The number of hydrogen-bond acceptors (Lipinski definition) is 5. The molecule has 3 aromatic rings. The Hall–Kier alpha value is -3.48. The fraction of sp³-hybridized carbons (Fsp3) is 0.150. The molecule has 1 unspecified atom stereocenters. The third-order valence-electron chi connectivity index (χ3n) is 4.34. The van der Waals surface area contributed by atoms with Gasteiger partial charge in [0.15, 0.2) is 0 Å². The molecule has 2 aromatic carbocycles. The summed E-state index contributed by atoms with van der Waals surface area (Å²) in [6, 6.07) is 14.9. The van der Waals surface area contributed by atoms with Crippen LogP contribution in [0.3, 0.4) is 0 Å². The molecule has 1 aliphatic rings. The second kappa shape index (κ2) is 7.03. The lowest BCUT2D eigenvalue weighted by molar-refractivity contribution is -0.138. The number of carbonyl (C=O) groups is 1. The monoisotopic (exact) mass is 364 g/mol. The molecule has 27 heavy (non-hydrogen) atoms. The van der Waals surface area contributed by atoms with Gasteiger partial charge < -0.3 is 10.1 Å². The van der Waals surface area contributed by atoms with E-state index in [1.807, 2.05) is 30.3 Å². The van der Waals surface area contributed by atoms with Crippen LogP contribution in [0.5, 0.6) is 0 Å². The molecule has 0 aliphatic carbocycles. The maximum Gasteiger partial charge on any atom is 0.338 e.